The molecule has 1 N–H and O–H groups in total. The summed E-state index contributed by atoms with van der Waals surface area (Å²) in [6, 6.07) is 14.5. The zero-order chi connectivity index (χ0) is 18.4. The summed E-state index contributed by atoms with van der Waals surface area (Å²) in [5.74, 6) is -0.317. The molecule has 0 spiro atoms. The molecule has 0 aromatic heterocycles. The number of carbonyl (C=O) groups is 2. The zero-order valence-electron chi connectivity index (χ0n) is 14.3. The number of rotatable bonds is 6. The van der Waals surface area contributed by atoms with Gasteiger partial charge in [0.05, 0.1) is 6.04 Å². The van der Waals surface area contributed by atoms with Crippen LogP contribution in [-0.4, -0.2) is 23.8 Å². The maximum atomic E-state index is 12.7. The fourth-order valence-electron chi connectivity index (χ4n) is 2.43. The van der Waals surface area contributed by atoms with Gasteiger partial charge in [-0.15, -0.1) is 0 Å². The first-order valence-electron chi connectivity index (χ1n) is 7.95. The zero-order valence-corrected chi connectivity index (χ0v) is 15.1. The van der Waals surface area contributed by atoms with E-state index >= 15 is 0 Å². The van der Waals surface area contributed by atoms with Gasteiger partial charge < -0.3 is 10.2 Å². The molecule has 2 aromatic carbocycles. The van der Waals surface area contributed by atoms with Crippen molar-refractivity contribution in [3.63, 3.8) is 0 Å². The summed E-state index contributed by atoms with van der Waals surface area (Å²) >= 11 is 6.23. The molecule has 0 aliphatic rings. The van der Waals surface area contributed by atoms with Crippen molar-refractivity contribution in [2.75, 3.05) is 7.05 Å². The van der Waals surface area contributed by atoms with Gasteiger partial charge in [0.25, 0.3) is 5.91 Å². The molecular weight excluding hydrogens is 336 g/mol. The molecule has 130 valence electrons. The Hall–Kier alpha value is -2.59. The van der Waals surface area contributed by atoms with Crippen molar-refractivity contribution < 1.29 is 9.59 Å². The number of carbonyl (C=O) groups excluding carboxylic acids is 2. The van der Waals surface area contributed by atoms with Gasteiger partial charge >= 0.3 is 0 Å². The molecule has 2 rings (SSSR count). The lowest BCUT2D eigenvalue weighted by atomic mass is 10.1. The Morgan fingerprint density at radius 1 is 1.20 bits per heavy atom. The second-order valence-corrected chi connectivity index (χ2v) is 6.14. The number of halogens is 1. The minimum Gasteiger partial charge on any atom is -0.348 e. The van der Waals surface area contributed by atoms with E-state index in [-0.39, 0.29) is 17.9 Å². The number of nitrogens with one attached hydrogen (secondary N) is 1. The van der Waals surface area contributed by atoms with Crippen LogP contribution >= 0.6 is 11.6 Å². The number of nitrogens with zero attached hydrogens (tertiary/aromatic N) is 1. The largest absolute Gasteiger partial charge is 0.348 e. The normalized spacial score (nSPS) is 11.5. The number of amides is 2. The number of benzene rings is 2. The highest BCUT2D eigenvalue weighted by atomic mass is 35.5. The summed E-state index contributed by atoms with van der Waals surface area (Å²) in [4.78, 5) is 25.5. The predicted octanol–water partition coefficient (Wildman–Crippen LogP) is 3.98. The highest BCUT2D eigenvalue weighted by Gasteiger charge is 2.20. The summed E-state index contributed by atoms with van der Waals surface area (Å²) in [7, 11) is 1.76. The van der Waals surface area contributed by atoms with Crippen LogP contribution in [0.2, 0.25) is 5.02 Å². The van der Waals surface area contributed by atoms with Gasteiger partial charge in [0.2, 0.25) is 5.91 Å². The van der Waals surface area contributed by atoms with Crippen LogP contribution in [0.4, 0.5) is 0 Å². The Balaban J connectivity index is 2.08. The molecule has 0 bridgehead atoms. The Labute approximate surface area is 153 Å². The van der Waals surface area contributed by atoms with Crippen molar-refractivity contribution in [2.24, 2.45) is 0 Å². The SMILES string of the molecule is C=CC(=O)NCc1ccc(C(=O)N(C)[C@@H](C)c2ccccc2Cl)cc1. The van der Waals surface area contributed by atoms with Crippen molar-refractivity contribution in [2.45, 2.75) is 19.5 Å². The molecule has 4 nitrogen and oxygen atoms in total. The van der Waals surface area contributed by atoms with Gasteiger partial charge in [-0.25, -0.2) is 0 Å². The highest BCUT2D eigenvalue weighted by molar-refractivity contribution is 6.31. The Morgan fingerprint density at radius 2 is 1.84 bits per heavy atom. The smallest absolute Gasteiger partial charge is 0.254 e. The van der Waals surface area contributed by atoms with E-state index in [1.165, 1.54) is 6.08 Å². The monoisotopic (exact) mass is 356 g/mol. The summed E-state index contributed by atoms with van der Waals surface area (Å²) in [6.07, 6.45) is 1.23. The van der Waals surface area contributed by atoms with Crippen molar-refractivity contribution in [1.29, 1.82) is 0 Å². The third-order valence-electron chi connectivity index (χ3n) is 4.11. The first-order valence-corrected chi connectivity index (χ1v) is 8.32. The molecule has 0 radical (unpaired) electrons. The summed E-state index contributed by atoms with van der Waals surface area (Å²) in [5, 5.41) is 3.34. The third-order valence-corrected chi connectivity index (χ3v) is 4.45. The molecule has 0 aliphatic carbocycles. The molecule has 0 saturated heterocycles. The molecule has 0 unspecified atom stereocenters. The number of hydrogen-bond donors (Lipinski definition) is 1. The van der Waals surface area contributed by atoms with Gasteiger partial charge in [-0.1, -0.05) is 48.5 Å². The van der Waals surface area contributed by atoms with Crippen LogP contribution in [0.1, 0.15) is 34.5 Å². The van der Waals surface area contributed by atoms with E-state index in [4.69, 9.17) is 11.6 Å². The average Bonchev–Trinajstić information content (AvgIpc) is 2.65. The van der Waals surface area contributed by atoms with Crippen LogP contribution in [0.15, 0.2) is 61.2 Å². The van der Waals surface area contributed by atoms with Crippen molar-refractivity contribution in [1.82, 2.24) is 10.2 Å². The fourth-order valence-corrected chi connectivity index (χ4v) is 2.72. The molecule has 0 saturated carbocycles. The van der Waals surface area contributed by atoms with E-state index in [1.807, 2.05) is 43.3 Å². The van der Waals surface area contributed by atoms with Crippen molar-refractivity contribution >= 4 is 23.4 Å². The van der Waals surface area contributed by atoms with Crippen LogP contribution in [0, 0.1) is 0 Å². The van der Waals surface area contributed by atoms with Crippen LogP contribution in [0.25, 0.3) is 0 Å². The van der Waals surface area contributed by atoms with E-state index in [9.17, 15) is 9.59 Å². The Bertz CT molecular complexity index is 772. The summed E-state index contributed by atoms with van der Waals surface area (Å²) in [6.45, 7) is 5.74. The molecule has 0 fully saturated rings. The third kappa shape index (κ3) is 4.70. The van der Waals surface area contributed by atoms with E-state index in [0.717, 1.165) is 11.1 Å². The molecule has 2 amide bonds. The summed E-state index contributed by atoms with van der Waals surface area (Å²) < 4.78 is 0. The average molecular weight is 357 g/mol. The second kappa shape index (κ2) is 8.49. The molecular formula is C20H21ClN2O2. The van der Waals surface area contributed by atoms with Gasteiger partial charge in [-0.05, 0) is 42.3 Å². The van der Waals surface area contributed by atoms with E-state index in [0.29, 0.717) is 17.1 Å². The lowest BCUT2D eigenvalue weighted by molar-refractivity contribution is -0.116. The lowest BCUT2D eigenvalue weighted by Gasteiger charge is -2.26. The van der Waals surface area contributed by atoms with Crippen LogP contribution < -0.4 is 5.32 Å². The van der Waals surface area contributed by atoms with Crippen LogP contribution in [-0.2, 0) is 11.3 Å². The molecule has 0 aliphatic heterocycles. The molecule has 25 heavy (non-hydrogen) atoms. The van der Waals surface area contributed by atoms with E-state index < -0.39 is 0 Å². The molecule has 5 heteroatoms. The van der Waals surface area contributed by atoms with Crippen LogP contribution in [0.5, 0.6) is 0 Å². The van der Waals surface area contributed by atoms with E-state index in [1.54, 1.807) is 24.1 Å². The number of hydrogen-bond acceptors (Lipinski definition) is 2. The molecule has 2 aromatic rings. The fraction of sp³-hybridized carbons (Fsp3) is 0.200. The Morgan fingerprint density at radius 3 is 2.44 bits per heavy atom. The standard InChI is InChI=1S/C20H21ClN2O2/c1-4-19(24)22-13-15-9-11-16(12-10-15)20(25)23(3)14(2)17-7-5-6-8-18(17)21/h4-12,14H,1,13H2,2-3H3,(H,22,24)/t14-/m0/s1. The quantitative estimate of drug-likeness (QED) is 0.796. The first kappa shape index (κ1) is 18.7. The maximum absolute atomic E-state index is 12.7. The van der Waals surface area contributed by atoms with E-state index in [2.05, 4.69) is 11.9 Å². The van der Waals surface area contributed by atoms with Gasteiger partial charge in [0.1, 0.15) is 0 Å². The minimum atomic E-state index is -0.228. The van der Waals surface area contributed by atoms with Crippen molar-refractivity contribution in [3.8, 4) is 0 Å². The first-order chi connectivity index (χ1) is 11.9. The van der Waals surface area contributed by atoms with Gasteiger partial charge in [-0.3, -0.25) is 9.59 Å². The highest BCUT2D eigenvalue weighted by Crippen LogP contribution is 2.27. The maximum Gasteiger partial charge on any atom is 0.254 e. The molecule has 0 heterocycles. The van der Waals surface area contributed by atoms with Gasteiger partial charge in [-0.2, -0.15) is 0 Å². The van der Waals surface area contributed by atoms with Gasteiger partial charge in [0, 0.05) is 24.2 Å². The van der Waals surface area contributed by atoms with Gasteiger partial charge in [0.15, 0.2) is 0 Å². The summed E-state index contributed by atoms with van der Waals surface area (Å²) in [5.41, 5.74) is 2.40. The topological polar surface area (TPSA) is 49.4 Å². The Kier molecular flexibility index (Phi) is 6.37. The second-order valence-electron chi connectivity index (χ2n) is 5.73. The predicted molar refractivity (Wildman–Crippen MR) is 100 cm³/mol. The van der Waals surface area contributed by atoms with Crippen molar-refractivity contribution in [3.05, 3.63) is 82.9 Å². The molecule has 1 atom stereocenters. The van der Waals surface area contributed by atoms with Crippen LogP contribution in [0.3, 0.4) is 0 Å². The lowest BCUT2D eigenvalue weighted by Crippen LogP contribution is -2.29. The minimum absolute atomic E-state index is 0.0888.